The number of rotatable bonds is 12. The van der Waals surface area contributed by atoms with E-state index >= 15 is 0 Å². The number of aliphatic hydroxyl groups is 2. The summed E-state index contributed by atoms with van der Waals surface area (Å²) in [6, 6.07) is -4.02. The third-order valence-corrected chi connectivity index (χ3v) is 3.95. The molecule has 0 spiro atoms. The van der Waals surface area contributed by atoms with Gasteiger partial charge in [0.1, 0.15) is 18.1 Å². The van der Waals surface area contributed by atoms with Gasteiger partial charge in [-0.05, 0) is 25.4 Å². The first-order chi connectivity index (χ1) is 12.2. The highest BCUT2D eigenvalue weighted by Gasteiger charge is 2.31. The number of carbonyl (C=O) groups excluding carboxylic acids is 3. The van der Waals surface area contributed by atoms with E-state index in [4.69, 9.17) is 15.9 Å². The number of amides is 3. The molecule has 0 aromatic rings. The molecule has 0 saturated heterocycles. The normalized spacial score (nSPS) is 15.3. The lowest BCUT2D eigenvalue weighted by atomic mass is 10.1. The zero-order valence-electron chi connectivity index (χ0n) is 14.6. The van der Waals surface area contributed by atoms with E-state index in [1.54, 1.807) is 0 Å². The zero-order chi connectivity index (χ0) is 20.3. The quantitative estimate of drug-likeness (QED) is 0.177. The van der Waals surface area contributed by atoms with E-state index in [9.17, 15) is 24.3 Å². The van der Waals surface area contributed by atoms with Crippen LogP contribution in [0.4, 0.5) is 0 Å². The van der Waals surface area contributed by atoms with Crippen LogP contribution in [-0.2, 0) is 19.2 Å². The van der Waals surface area contributed by atoms with Crippen LogP contribution < -0.4 is 21.7 Å². The lowest BCUT2D eigenvalue weighted by molar-refractivity contribution is -0.144. The summed E-state index contributed by atoms with van der Waals surface area (Å²) in [6.45, 7) is 0.0548. The molecule has 150 valence electrons. The van der Waals surface area contributed by atoms with E-state index in [0.29, 0.717) is 5.75 Å². The molecule has 0 unspecified atom stereocenters. The highest BCUT2D eigenvalue weighted by Crippen LogP contribution is 2.03. The number of aliphatic hydroxyl groups excluding tert-OH is 2. The van der Waals surface area contributed by atoms with E-state index in [2.05, 4.69) is 10.6 Å². The topological polar surface area (TPSA) is 191 Å². The SMILES string of the molecule is CSCC[C@H](NC(=O)CN)C(=O)N[C@H](C(=O)N[C@@H](CO)C(=O)O)[C@@H](C)O. The average molecular weight is 394 g/mol. The Morgan fingerprint density at radius 1 is 1.08 bits per heavy atom. The van der Waals surface area contributed by atoms with Crippen LogP contribution in [-0.4, -0.2) is 88.4 Å². The van der Waals surface area contributed by atoms with E-state index in [0.717, 1.165) is 0 Å². The van der Waals surface area contributed by atoms with Crippen LogP contribution in [0, 0.1) is 0 Å². The van der Waals surface area contributed by atoms with Crippen molar-refractivity contribution in [2.24, 2.45) is 5.73 Å². The standard InChI is InChI=1S/C14H26N4O7S/c1-7(20)11(13(23)17-9(6-19)14(24)25)18-12(22)8(3-4-26-2)16-10(21)5-15/h7-9,11,19-20H,3-6,15H2,1-2H3,(H,16,21)(H,17,23)(H,18,22)(H,24,25)/t7-,8+,9+,11+/m1/s1. The summed E-state index contributed by atoms with van der Waals surface area (Å²) >= 11 is 1.44. The van der Waals surface area contributed by atoms with Crippen molar-refractivity contribution in [1.29, 1.82) is 0 Å². The molecular weight excluding hydrogens is 368 g/mol. The first-order valence-corrected chi connectivity index (χ1v) is 9.18. The van der Waals surface area contributed by atoms with Crippen molar-refractivity contribution >= 4 is 35.5 Å². The van der Waals surface area contributed by atoms with Crippen molar-refractivity contribution < 1.29 is 34.5 Å². The van der Waals surface area contributed by atoms with Crippen molar-refractivity contribution in [3.63, 3.8) is 0 Å². The number of carbonyl (C=O) groups is 4. The van der Waals surface area contributed by atoms with Gasteiger partial charge in [0.05, 0.1) is 19.3 Å². The fraction of sp³-hybridized carbons (Fsp3) is 0.714. The van der Waals surface area contributed by atoms with Crippen LogP contribution >= 0.6 is 11.8 Å². The Labute approximate surface area is 155 Å². The minimum atomic E-state index is -1.58. The molecule has 0 heterocycles. The predicted molar refractivity (Wildman–Crippen MR) is 94.2 cm³/mol. The van der Waals surface area contributed by atoms with Gasteiger partial charge in [0.2, 0.25) is 17.7 Å². The molecule has 0 radical (unpaired) electrons. The van der Waals surface area contributed by atoms with Crippen LogP contribution in [0.2, 0.25) is 0 Å². The number of hydrogen-bond donors (Lipinski definition) is 7. The van der Waals surface area contributed by atoms with Gasteiger partial charge in [-0.15, -0.1) is 0 Å². The molecule has 0 aromatic carbocycles. The van der Waals surface area contributed by atoms with E-state index in [-0.39, 0.29) is 13.0 Å². The minimum absolute atomic E-state index is 0.265. The van der Waals surface area contributed by atoms with Crippen LogP contribution in [0.5, 0.6) is 0 Å². The number of nitrogens with two attached hydrogens (primary N) is 1. The lowest BCUT2D eigenvalue weighted by Crippen LogP contribution is -2.59. The first-order valence-electron chi connectivity index (χ1n) is 7.78. The zero-order valence-corrected chi connectivity index (χ0v) is 15.4. The second kappa shape index (κ2) is 12.5. The van der Waals surface area contributed by atoms with Gasteiger partial charge < -0.3 is 37.0 Å². The molecule has 8 N–H and O–H groups in total. The molecule has 0 aliphatic heterocycles. The number of carboxylic acids is 1. The van der Waals surface area contributed by atoms with Crippen LogP contribution in [0.3, 0.4) is 0 Å². The number of thioether (sulfide) groups is 1. The highest BCUT2D eigenvalue weighted by atomic mass is 32.2. The van der Waals surface area contributed by atoms with E-state index in [1.807, 2.05) is 11.6 Å². The Balaban J connectivity index is 5.12. The van der Waals surface area contributed by atoms with Gasteiger partial charge in [-0.3, -0.25) is 14.4 Å². The van der Waals surface area contributed by atoms with Crippen LogP contribution in [0.1, 0.15) is 13.3 Å². The largest absolute Gasteiger partial charge is 0.480 e. The fourth-order valence-corrected chi connectivity index (χ4v) is 2.34. The molecule has 0 aliphatic rings. The monoisotopic (exact) mass is 394 g/mol. The van der Waals surface area contributed by atoms with Crippen LogP contribution in [0.25, 0.3) is 0 Å². The summed E-state index contributed by atoms with van der Waals surface area (Å²) in [5, 5.41) is 34.3. The number of hydrogen-bond acceptors (Lipinski definition) is 8. The van der Waals surface area contributed by atoms with Gasteiger partial charge in [0, 0.05) is 0 Å². The van der Waals surface area contributed by atoms with Gasteiger partial charge in [-0.25, -0.2) is 4.79 Å². The van der Waals surface area contributed by atoms with Crippen molar-refractivity contribution in [1.82, 2.24) is 16.0 Å². The summed E-state index contributed by atoms with van der Waals surface area (Å²) in [6.07, 6.45) is 0.729. The Morgan fingerprint density at radius 3 is 2.12 bits per heavy atom. The highest BCUT2D eigenvalue weighted by molar-refractivity contribution is 7.98. The molecule has 12 heteroatoms. The summed E-state index contributed by atoms with van der Waals surface area (Å²) in [4.78, 5) is 46.8. The van der Waals surface area contributed by atoms with Crippen molar-refractivity contribution in [2.45, 2.75) is 37.6 Å². The molecule has 0 rings (SSSR count). The summed E-state index contributed by atoms with van der Waals surface area (Å²) < 4.78 is 0. The molecule has 0 aromatic heterocycles. The first kappa shape index (κ1) is 24.1. The minimum Gasteiger partial charge on any atom is -0.480 e. The predicted octanol–water partition coefficient (Wildman–Crippen LogP) is -3.39. The molecule has 3 amide bonds. The fourth-order valence-electron chi connectivity index (χ4n) is 1.86. The Kier molecular flexibility index (Phi) is 11.6. The van der Waals surface area contributed by atoms with Gasteiger partial charge >= 0.3 is 5.97 Å². The number of nitrogens with one attached hydrogen (secondary N) is 3. The van der Waals surface area contributed by atoms with Gasteiger partial charge in [0.15, 0.2) is 0 Å². The second-order valence-electron chi connectivity index (χ2n) is 5.41. The molecule has 0 fully saturated rings. The summed E-state index contributed by atoms with van der Waals surface area (Å²) in [5.41, 5.74) is 5.21. The summed E-state index contributed by atoms with van der Waals surface area (Å²) in [5.74, 6) is -3.19. The lowest BCUT2D eigenvalue weighted by Gasteiger charge is -2.25. The Morgan fingerprint density at radius 2 is 1.69 bits per heavy atom. The molecule has 0 saturated carbocycles. The van der Waals surface area contributed by atoms with Gasteiger partial charge in [-0.2, -0.15) is 11.8 Å². The maximum atomic E-state index is 12.4. The molecule has 4 atom stereocenters. The van der Waals surface area contributed by atoms with E-state index in [1.165, 1.54) is 18.7 Å². The summed E-state index contributed by atoms with van der Waals surface area (Å²) in [7, 11) is 0. The maximum absolute atomic E-state index is 12.4. The Bertz CT molecular complexity index is 504. The molecule has 26 heavy (non-hydrogen) atoms. The Hall–Kier alpha value is -1.89. The molecular formula is C14H26N4O7S. The van der Waals surface area contributed by atoms with Crippen molar-refractivity contribution in [2.75, 3.05) is 25.2 Å². The third-order valence-electron chi connectivity index (χ3n) is 3.31. The van der Waals surface area contributed by atoms with E-state index < -0.39 is 54.5 Å². The molecule has 0 bridgehead atoms. The van der Waals surface area contributed by atoms with Gasteiger partial charge in [0.25, 0.3) is 0 Å². The average Bonchev–Trinajstić information content (AvgIpc) is 2.59. The van der Waals surface area contributed by atoms with Crippen molar-refractivity contribution in [3.05, 3.63) is 0 Å². The molecule has 11 nitrogen and oxygen atoms in total. The number of carboxylic acid groups (broad SMARTS) is 1. The smallest absolute Gasteiger partial charge is 0.328 e. The second-order valence-corrected chi connectivity index (χ2v) is 6.40. The maximum Gasteiger partial charge on any atom is 0.328 e. The molecule has 0 aliphatic carbocycles. The third kappa shape index (κ3) is 8.47. The van der Waals surface area contributed by atoms with Crippen LogP contribution in [0.15, 0.2) is 0 Å². The van der Waals surface area contributed by atoms with Crippen molar-refractivity contribution in [3.8, 4) is 0 Å². The van der Waals surface area contributed by atoms with Gasteiger partial charge in [-0.1, -0.05) is 0 Å². The number of aliphatic carboxylic acids is 1.